The van der Waals surface area contributed by atoms with Gasteiger partial charge in [0.15, 0.2) is 6.29 Å². The van der Waals surface area contributed by atoms with Crippen molar-refractivity contribution in [3.63, 3.8) is 0 Å². The molecule has 0 aliphatic heterocycles. The van der Waals surface area contributed by atoms with Crippen molar-refractivity contribution in [3.8, 4) is 0 Å². The molecule has 1 atom stereocenters. The zero-order valence-electron chi connectivity index (χ0n) is 15.5. The highest BCUT2D eigenvalue weighted by Gasteiger charge is 2.00. The summed E-state index contributed by atoms with van der Waals surface area (Å²) in [6, 6.07) is 0. The standard InChI is InChI=1S/C21H37NOS/c1-3-4-5-6-7-8-9-10-11-12-13-14-15-16-17-18-20(2)22-21(24)19-23/h7-8,10-11,19,21-22,24H,2-6,9,12-18H2,1H3/b8-7-,11-10-. The molecule has 0 aliphatic carbocycles. The molecule has 0 saturated carbocycles. The van der Waals surface area contributed by atoms with Crippen molar-refractivity contribution >= 4 is 18.9 Å². The number of rotatable bonds is 17. The molecular formula is C21H37NOS. The summed E-state index contributed by atoms with van der Waals surface area (Å²) in [5.74, 6) is 0. The van der Waals surface area contributed by atoms with E-state index in [4.69, 9.17) is 0 Å². The van der Waals surface area contributed by atoms with Crippen LogP contribution < -0.4 is 5.32 Å². The van der Waals surface area contributed by atoms with Gasteiger partial charge in [0.05, 0.1) is 0 Å². The summed E-state index contributed by atoms with van der Waals surface area (Å²) in [5.41, 5.74) is 0.910. The Bertz CT molecular complexity index is 363. The molecule has 0 amide bonds. The van der Waals surface area contributed by atoms with E-state index in [9.17, 15) is 4.79 Å². The number of hydrogen-bond donors (Lipinski definition) is 2. The quantitative estimate of drug-likeness (QED) is 0.105. The summed E-state index contributed by atoms with van der Waals surface area (Å²) in [6.45, 7) is 6.16. The zero-order valence-corrected chi connectivity index (χ0v) is 16.4. The summed E-state index contributed by atoms with van der Waals surface area (Å²) in [7, 11) is 0. The number of thiol groups is 1. The van der Waals surface area contributed by atoms with Crippen LogP contribution in [0.5, 0.6) is 0 Å². The maximum atomic E-state index is 10.5. The summed E-state index contributed by atoms with van der Waals surface area (Å²) >= 11 is 4.07. The summed E-state index contributed by atoms with van der Waals surface area (Å²) < 4.78 is 0. The molecule has 0 aromatic carbocycles. The maximum Gasteiger partial charge on any atom is 0.152 e. The first-order valence-electron chi connectivity index (χ1n) is 9.58. The lowest BCUT2D eigenvalue weighted by molar-refractivity contribution is -0.107. The third-order valence-electron chi connectivity index (χ3n) is 3.91. The first-order chi connectivity index (χ1) is 11.7. The van der Waals surface area contributed by atoms with Gasteiger partial charge in [-0.3, -0.25) is 0 Å². The van der Waals surface area contributed by atoms with E-state index in [0.717, 1.165) is 31.2 Å². The van der Waals surface area contributed by atoms with Gasteiger partial charge in [0, 0.05) is 5.70 Å². The van der Waals surface area contributed by atoms with Gasteiger partial charge in [-0.05, 0) is 44.9 Å². The van der Waals surface area contributed by atoms with E-state index in [1.165, 1.54) is 57.8 Å². The maximum absolute atomic E-state index is 10.5. The number of nitrogens with one attached hydrogen (secondary N) is 1. The first-order valence-corrected chi connectivity index (χ1v) is 10.1. The van der Waals surface area contributed by atoms with Crippen molar-refractivity contribution in [2.45, 2.75) is 89.3 Å². The van der Waals surface area contributed by atoms with E-state index >= 15 is 0 Å². The van der Waals surface area contributed by atoms with Crippen LogP contribution in [0.25, 0.3) is 0 Å². The molecule has 0 radical (unpaired) electrons. The van der Waals surface area contributed by atoms with E-state index in [0.29, 0.717) is 0 Å². The predicted molar refractivity (Wildman–Crippen MR) is 110 cm³/mol. The normalized spacial score (nSPS) is 12.8. The summed E-state index contributed by atoms with van der Waals surface area (Å²) in [4.78, 5) is 10.5. The topological polar surface area (TPSA) is 29.1 Å². The van der Waals surface area contributed by atoms with Gasteiger partial charge in [0.1, 0.15) is 5.37 Å². The molecule has 24 heavy (non-hydrogen) atoms. The fourth-order valence-electron chi connectivity index (χ4n) is 2.47. The Labute approximate surface area is 155 Å². The van der Waals surface area contributed by atoms with Crippen LogP contribution in [0.3, 0.4) is 0 Å². The fraction of sp³-hybridized carbons (Fsp3) is 0.667. The lowest BCUT2D eigenvalue weighted by atomic mass is 10.1. The Morgan fingerprint density at radius 2 is 1.54 bits per heavy atom. The predicted octanol–water partition coefficient (Wildman–Crippen LogP) is 6.36. The minimum absolute atomic E-state index is 0.421. The largest absolute Gasteiger partial charge is 0.371 e. The molecule has 0 aliphatic rings. The van der Waals surface area contributed by atoms with E-state index in [1.54, 1.807) is 0 Å². The van der Waals surface area contributed by atoms with Crippen LogP contribution in [0.1, 0.15) is 84.0 Å². The van der Waals surface area contributed by atoms with Gasteiger partial charge in [0.25, 0.3) is 0 Å². The van der Waals surface area contributed by atoms with Crippen LogP contribution in [-0.4, -0.2) is 11.7 Å². The molecule has 2 nitrogen and oxygen atoms in total. The average molecular weight is 352 g/mol. The molecule has 1 N–H and O–H groups in total. The van der Waals surface area contributed by atoms with Gasteiger partial charge in [-0.1, -0.05) is 69.9 Å². The second-order valence-corrected chi connectivity index (χ2v) is 6.87. The minimum atomic E-state index is -0.421. The lowest BCUT2D eigenvalue weighted by Gasteiger charge is -2.10. The molecular weight excluding hydrogens is 314 g/mol. The average Bonchev–Trinajstić information content (AvgIpc) is 2.58. The Kier molecular flexibility index (Phi) is 17.6. The summed E-state index contributed by atoms with van der Waals surface area (Å²) in [5, 5.41) is 2.55. The molecule has 0 saturated heterocycles. The molecule has 0 bridgehead atoms. The number of carbonyl (C=O) groups excluding carboxylic acids is 1. The number of hydrogen-bond acceptors (Lipinski definition) is 3. The third-order valence-corrected chi connectivity index (χ3v) is 4.16. The van der Waals surface area contributed by atoms with E-state index in [1.807, 2.05) is 0 Å². The van der Waals surface area contributed by atoms with Gasteiger partial charge in [0.2, 0.25) is 0 Å². The molecule has 0 aromatic heterocycles. The molecule has 138 valence electrons. The molecule has 0 heterocycles. The zero-order chi connectivity index (χ0) is 17.9. The minimum Gasteiger partial charge on any atom is -0.371 e. The smallest absolute Gasteiger partial charge is 0.152 e. The van der Waals surface area contributed by atoms with Crippen molar-refractivity contribution in [1.82, 2.24) is 5.32 Å². The van der Waals surface area contributed by atoms with Gasteiger partial charge >= 0.3 is 0 Å². The Morgan fingerprint density at radius 3 is 2.17 bits per heavy atom. The van der Waals surface area contributed by atoms with Gasteiger partial charge in [-0.2, -0.15) is 0 Å². The number of allylic oxidation sites excluding steroid dienone is 5. The van der Waals surface area contributed by atoms with Crippen LogP contribution in [0, 0.1) is 0 Å². The second kappa shape index (κ2) is 18.4. The highest BCUT2D eigenvalue weighted by molar-refractivity contribution is 7.81. The van der Waals surface area contributed by atoms with E-state index in [2.05, 4.69) is 55.8 Å². The van der Waals surface area contributed by atoms with Crippen molar-refractivity contribution in [2.24, 2.45) is 0 Å². The monoisotopic (exact) mass is 351 g/mol. The molecule has 0 spiro atoms. The van der Waals surface area contributed by atoms with Crippen molar-refractivity contribution in [2.75, 3.05) is 0 Å². The van der Waals surface area contributed by atoms with Crippen LogP contribution in [0.4, 0.5) is 0 Å². The van der Waals surface area contributed by atoms with Crippen molar-refractivity contribution in [1.29, 1.82) is 0 Å². The molecule has 0 rings (SSSR count). The highest BCUT2D eigenvalue weighted by atomic mass is 32.1. The second-order valence-electron chi connectivity index (χ2n) is 6.31. The fourth-order valence-corrected chi connectivity index (χ4v) is 2.65. The molecule has 3 heteroatoms. The lowest BCUT2D eigenvalue weighted by Crippen LogP contribution is -2.23. The molecule has 0 fully saturated rings. The van der Waals surface area contributed by atoms with Gasteiger partial charge in [-0.25, -0.2) is 0 Å². The van der Waals surface area contributed by atoms with Crippen LogP contribution in [-0.2, 0) is 4.79 Å². The van der Waals surface area contributed by atoms with Crippen LogP contribution in [0.2, 0.25) is 0 Å². The number of unbranched alkanes of at least 4 members (excludes halogenated alkanes) is 8. The summed E-state index contributed by atoms with van der Waals surface area (Å²) in [6.07, 6.45) is 24.6. The highest BCUT2D eigenvalue weighted by Crippen LogP contribution is 2.10. The van der Waals surface area contributed by atoms with Gasteiger partial charge < -0.3 is 10.1 Å². The van der Waals surface area contributed by atoms with Crippen LogP contribution in [0.15, 0.2) is 36.6 Å². The number of carbonyl (C=O) groups is 1. The van der Waals surface area contributed by atoms with Crippen LogP contribution >= 0.6 is 12.6 Å². The first kappa shape index (κ1) is 23.0. The van der Waals surface area contributed by atoms with Crippen molar-refractivity contribution in [3.05, 3.63) is 36.6 Å². The Hall–Kier alpha value is -0.960. The van der Waals surface area contributed by atoms with E-state index in [-0.39, 0.29) is 0 Å². The van der Waals surface area contributed by atoms with Crippen molar-refractivity contribution < 1.29 is 4.79 Å². The third kappa shape index (κ3) is 17.4. The van der Waals surface area contributed by atoms with E-state index < -0.39 is 5.37 Å². The Balaban J connectivity index is 3.31. The van der Waals surface area contributed by atoms with Gasteiger partial charge in [-0.15, -0.1) is 12.6 Å². The Morgan fingerprint density at radius 1 is 0.958 bits per heavy atom. The SMILES string of the molecule is C=C(CCCCCCC/C=C\C/C=C\CCCCC)NC(S)C=O. The number of aldehydes is 1. The molecule has 0 aromatic rings. The molecule has 1 unspecified atom stereocenters.